The van der Waals surface area contributed by atoms with Gasteiger partial charge in [-0.05, 0) is 61.9 Å². The molecule has 1 fully saturated rings. The van der Waals surface area contributed by atoms with E-state index < -0.39 is 0 Å². The molecule has 3 rings (SSSR count). The highest BCUT2D eigenvalue weighted by atomic mass is 32.2. The van der Waals surface area contributed by atoms with Gasteiger partial charge in [-0.25, -0.2) is 4.99 Å². The maximum absolute atomic E-state index is 12.0. The van der Waals surface area contributed by atoms with E-state index in [1.165, 1.54) is 17.3 Å². The number of hydrogen-bond acceptors (Lipinski definition) is 4. The Hall–Kier alpha value is -2.27. The van der Waals surface area contributed by atoms with Gasteiger partial charge in [-0.3, -0.25) is 4.79 Å². The van der Waals surface area contributed by atoms with Crippen molar-refractivity contribution in [1.29, 1.82) is 0 Å². The van der Waals surface area contributed by atoms with E-state index in [1.54, 1.807) is 6.08 Å². The Balaban J connectivity index is 1.87. The van der Waals surface area contributed by atoms with Crippen molar-refractivity contribution in [1.82, 2.24) is 5.32 Å². The minimum atomic E-state index is -0.150. The molecule has 1 aromatic carbocycles. The van der Waals surface area contributed by atoms with Crippen LogP contribution in [0.15, 0.2) is 44.6 Å². The topological polar surface area (TPSA) is 54.6 Å². The molecule has 5 heteroatoms. The molecule has 1 aromatic heterocycles. The second-order valence-corrected chi connectivity index (χ2v) is 6.18. The lowest BCUT2D eigenvalue weighted by Crippen LogP contribution is -2.19. The van der Waals surface area contributed by atoms with Gasteiger partial charge < -0.3 is 9.73 Å². The minimum Gasteiger partial charge on any atom is -0.462 e. The first-order valence-corrected chi connectivity index (χ1v) is 7.77. The molecule has 1 N–H and O–H groups in total. The number of hydrogen-bond donors (Lipinski definition) is 1. The third-order valence-electron chi connectivity index (χ3n) is 3.48. The van der Waals surface area contributed by atoms with Gasteiger partial charge in [0.2, 0.25) is 0 Å². The van der Waals surface area contributed by atoms with Gasteiger partial charge in [0.05, 0.1) is 10.6 Å². The highest BCUT2D eigenvalue weighted by Crippen LogP contribution is 2.30. The fourth-order valence-electron chi connectivity index (χ4n) is 2.11. The van der Waals surface area contributed by atoms with E-state index in [2.05, 4.69) is 10.3 Å². The van der Waals surface area contributed by atoms with Crippen LogP contribution in [-0.4, -0.2) is 11.1 Å². The number of amidine groups is 1. The smallest absolute Gasteiger partial charge is 0.264 e. The maximum Gasteiger partial charge on any atom is 0.264 e. The van der Waals surface area contributed by atoms with Crippen LogP contribution in [0, 0.1) is 20.8 Å². The molecule has 1 aliphatic heterocycles. The summed E-state index contributed by atoms with van der Waals surface area (Å²) in [6.07, 6.45) is 1.73. The summed E-state index contributed by atoms with van der Waals surface area (Å²) in [5, 5.41) is 3.38. The standard InChI is InChI=1S/C17H16N2O2S/c1-10-5-4-6-14(12(10)3)18-17-19-16(20)15(22-17)9-13-8-7-11(2)21-13/h4-9H,1-3H3,(H,18,19,20). The number of carbonyl (C=O) groups excluding carboxylic acids is 1. The van der Waals surface area contributed by atoms with E-state index in [4.69, 9.17) is 4.42 Å². The van der Waals surface area contributed by atoms with E-state index >= 15 is 0 Å². The van der Waals surface area contributed by atoms with Crippen molar-refractivity contribution in [2.45, 2.75) is 20.8 Å². The van der Waals surface area contributed by atoms with Crippen LogP contribution in [0.4, 0.5) is 5.69 Å². The van der Waals surface area contributed by atoms with Crippen LogP contribution >= 0.6 is 11.8 Å². The summed E-state index contributed by atoms with van der Waals surface area (Å²) in [6, 6.07) is 9.67. The SMILES string of the molecule is Cc1ccc(C=C2SC(=Nc3cccc(C)c3C)NC2=O)o1. The van der Waals surface area contributed by atoms with Crippen molar-refractivity contribution in [3.63, 3.8) is 0 Å². The molecule has 0 aliphatic carbocycles. The minimum absolute atomic E-state index is 0.150. The van der Waals surface area contributed by atoms with Gasteiger partial charge in [0.15, 0.2) is 5.17 Å². The van der Waals surface area contributed by atoms with Gasteiger partial charge in [-0.1, -0.05) is 12.1 Å². The summed E-state index contributed by atoms with van der Waals surface area (Å²) in [6.45, 7) is 5.94. The summed E-state index contributed by atoms with van der Waals surface area (Å²) in [5.41, 5.74) is 3.17. The largest absolute Gasteiger partial charge is 0.462 e. The predicted molar refractivity (Wildman–Crippen MR) is 90.2 cm³/mol. The quantitative estimate of drug-likeness (QED) is 0.850. The van der Waals surface area contributed by atoms with Crippen LogP contribution in [0.3, 0.4) is 0 Å². The normalized spacial score (nSPS) is 18.2. The molecule has 1 amide bonds. The first-order valence-electron chi connectivity index (χ1n) is 6.95. The van der Waals surface area contributed by atoms with Gasteiger partial charge >= 0.3 is 0 Å². The zero-order valence-electron chi connectivity index (χ0n) is 12.6. The van der Waals surface area contributed by atoms with E-state index in [0.29, 0.717) is 15.8 Å². The Labute approximate surface area is 133 Å². The summed E-state index contributed by atoms with van der Waals surface area (Å²) in [4.78, 5) is 17.1. The molecular formula is C17H16N2O2S. The number of benzene rings is 1. The zero-order chi connectivity index (χ0) is 15.7. The molecule has 1 saturated heterocycles. The molecule has 0 radical (unpaired) electrons. The third-order valence-corrected chi connectivity index (χ3v) is 4.39. The van der Waals surface area contributed by atoms with E-state index in [1.807, 2.05) is 51.1 Å². The highest BCUT2D eigenvalue weighted by molar-refractivity contribution is 8.18. The molecular weight excluding hydrogens is 296 g/mol. The lowest BCUT2D eigenvalue weighted by Gasteiger charge is -2.04. The number of thioether (sulfide) groups is 1. The van der Waals surface area contributed by atoms with Crippen molar-refractivity contribution in [3.8, 4) is 0 Å². The Kier molecular flexibility index (Phi) is 3.90. The van der Waals surface area contributed by atoms with Crippen LogP contribution in [0.25, 0.3) is 6.08 Å². The fourth-order valence-corrected chi connectivity index (χ4v) is 2.92. The fraction of sp³-hybridized carbons (Fsp3) is 0.176. The van der Waals surface area contributed by atoms with Crippen molar-refractivity contribution < 1.29 is 9.21 Å². The van der Waals surface area contributed by atoms with Crippen molar-refractivity contribution in [3.05, 3.63) is 57.9 Å². The number of rotatable bonds is 2. The second-order valence-electron chi connectivity index (χ2n) is 5.15. The zero-order valence-corrected chi connectivity index (χ0v) is 13.5. The van der Waals surface area contributed by atoms with Crippen LogP contribution in [0.1, 0.15) is 22.6 Å². The van der Waals surface area contributed by atoms with Crippen molar-refractivity contribution in [2.75, 3.05) is 0 Å². The number of aliphatic imine (C=N–C) groups is 1. The second kappa shape index (κ2) is 5.85. The molecule has 0 spiro atoms. The van der Waals surface area contributed by atoms with Crippen molar-refractivity contribution >= 4 is 34.6 Å². The van der Waals surface area contributed by atoms with Gasteiger partial charge in [0.1, 0.15) is 11.5 Å². The first kappa shape index (κ1) is 14.7. The van der Waals surface area contributed by atoms with Crippen LogP contribution in [0.5, 0.6) is 0 Å². The number of nitrogens with one attached hydrogen (secondary N) is 1. The first-order chi connectivity index (χ1) is 10.5. The molecule has 0 atom stereocenters. The number of furan rings is 1. The molecule has 0 unspecified atom stereocenters. The number of aryl methyl sites for hydroxylation is 2. The van der Waals surface area contributed by atoms with E-state index in [0.717, 1.165) is 17.0 Å². The van der Waals surface area contributed by atoms with E-state index in [9.17, 15) is 4.79 Å². The van der Waals surface area contributed by atoms with Gasteiger partial charge in [0, 0.05) is 6.08 Å². The maximum atomic E-state index is 12.0. The Morgan fingerprint density at radius 3 is 2.73 bits per heavy atom. The predicted octanol–water partition coefficient (Wildman–Crippen LogP) is 4.10. The summed E-state index contributed by atoms with van der Waals surface area (Å²) >= 11 is 1.32. The highest BCUT2D eigenvalue weighted by Gasteiger charge is 2.24. The van der Waals surface area contributed by atoms with Crippen LogP contribution < -0.4 is 5.32 Å². The van der Waals surface area contributed by atoms with Crippen LogP contribution in [0.2, 0.25) is 0 Å². The third kappa shape index (κ3) is 2.99. The number of nitrogens with zero attached hydrogens (tertiary/aromatic N) is 1. The molecule has 112 valence electrons. The Bertz CT molecular complexity index is 803. The van der Waals surface area contributed by atoms with Crippen LogP contribution in [-0.2, 0) is 4.79 Å². The van der Waals surface area contributed by atoms with Gasteiger partial charge in [-0.15, -0.1) is 0 Å². The molecule has 0 saturated carbocycles. The van der Waals surface area contributed by atoms with Gasteiger partial charge in [0.25, 0.3) is 5.91 Å². The lowest BCUT2D eigenvalue weighted by atomic mass is 10.1. The molecule has 2 heterocycles. The lowest BCUT2D eigenvalue weighted by molar-refractivity contribution is -0.115. The number of carbonyl (C=O) groups is 1. The average molecular weight is 312 g/mol. The molecule has 2 aromatic rings. The summed E-state index contributed by atoms with van der Waals surface area (Å²) in [5.74, 6) is 1.34. The Morgan fingerprint density at radius 1 is 1.18 bits per heavy atom. The van der Waals surface area contributed by atoms with Crippen molar-refractivity contribution in [2.24, 2.45) is 4.99 Å². The number of amides is 1. The van der Waals surface area contributed by atoms with E-state index in [-0.39, 0.29) is 5.91 Å². The Morgan fingerprint density at radius 2 is 2.00 bits per heavy atom. The summed E-state index contributed by atoms with van der Waals surface area (Å²) < 4.78 is 5.47. The monoisotopic (exact) mass is 312 g/mol. The molecule has 22 heavy (non-hydrogen) atoms. The van der Waals surface area contributed by atoms with Gasteiger partial charge in [-0.2, -0.15) is 0 Å². The average Bonchev–Trinajstić information content (AvgIpc) is 3.02. The summed E-state index contributed by atoms with van der Waals surface area (Å²) in [7, 11) is 0. The molecule has 0 bridgehead atoms. The molecule has 1 aliphatic rings. The molecule has 4 nitrogen and oxygen atoms in total.